The van der Waals surface area contributed by atoms with Crippen LogP contribution in [0.3, 0.4) is 0 Å². The Morgan fingerprint density at radius 1 is 1.29 bits per heavy atom. The number of aryl methyl sites for hydroxylation is 1. The van der Waals surface area contributed by atoms with E-state index in [1.54, 1.807) is 18.2 Å². The van der Waals surface area contributed by atoms with Gasteiger partial charge in [-0.25, -0.2) is 4.79 Å². The van der Waals surface area contributed by atoms with E-state index in [0.29, 0.717) is 10.6 Å². The number of benzene rings is 1. The number of carbonyl (C=O) groups is 1. The van der Waals surface area contributed by atoms with Gasteiger partial charge in [-0.3, -0.25) is 0 Å². The number of ether oxygens (including phenoxy) is 1. The molecule has 0 saturated heterocycles. The first-order chi connectivity index (χ1) is 8.13. The Morgan fingerprint density at radius 3 is 2.76 bits per heavy atom. The largest absolute Gasteiger partial charge is 0.465 e. The smallest absolute Gasteiger partial charge is 0.338 e. The van der Waals surface area contributed by atoms with Crippen molar-refractivity contribution in [3.8, 4) is 0 Å². The molecule has 1 aromatic rings. The lowest BCUT2D eigenvalue weighted by Gasteiger charge is -2.09. The van der Waals surface area contributed by atoms with Gasteiger partial charge in [-0.1, -0.05) is 29.5 Å². The first kappa shape index (κ1) is 11.7. The van der Waals surface area contributed by atoms with Gasteiger partial charge in [0.25, 0.3) is 0 Å². The first-order valence-corrected chi connectivity index (χ1v) is 5.53. The molecule has 0 fully saturated rings. The molecule has 2 rings (SSSR count). The van der Waals surface area contributed by atoms with E-state index >= 15 is 0 Å². The zero-order valence-electron chi connectivity index (χ0n) is 9.58. The average molecular weight is 247 g/mol. The van der Waals surface area contributed by atoms with Gasteiger partial charge in [0.2, 0.25) is 0 Å². The molecule has 0 amide bonds. The van der Waals surface area contributed by atoms with Crippen LogP contribution in [0.5, 0.6) is 0 Å². The summed E-state index contributed by atoms with van der Waals surface area (Å²) >= 11 is 5.90. The highest BCUT2D eigenvalue weighted by atomic mass is 35.5. The third-order valence-electron chi connectivity index (χ3n) is 2.66. The first-order valence-electron chi connectivity index (χ1n) is 5.15. The van der Waals surface area contributed by atoms with Crippen LogP contribution < -0.4 is 0 Å². The van der Waals surface area contributed by atoms with Crippen LogP contribution in [0, 0.1) is 6.92 Å². The minimum atomic E-state index is -0.350. The van der Waals surface area contributed by atoms with E-state index in [9.17, 15) is 4.79 Å². The SMILES string of the molecule is COC(=O)c1ccc(C)c2c1C=CC(Cl)=C=C2. The Balaban J connectivity index is 2.70. The Kier molecular flexibility index (Phi) is 3.19. The maximum Gasteiger partial charge on any atom is 0.338 e. The van der Waals surface area contributed by atoms with Gasteiger partial charge in [-0.05, 0) is 41.8 Å². The van der Waals surface area contributed by atoms with Crippen molar-refractivity contribution in [3.05, 3.63) is 51.2 Å². The fraction of sp³-hybridized carbons (Fsp3) is 0.143. The molecule has 0 radical (unpaired) electrons. The lowest BCUT2D eigenvalue weighted by Crippen LogP contribution is -2.05. The second kappa shape index (κ2) is 4.62. The summed E-state index contributed by atoms with van der Waals surface area (Å²) in [5, 5.41) is 0.511. The molecule has 0 atom stereocenters. The van der Waals surface area contributed by atoms with E-state index < -0.39 is 0 Å². The number of carbonyl (C=O) groups excluding carboxylic acids is 1. The number of esters is 1. The number of allylic oxidation sites excluding steroid dienone is 2. The topological polar surface area (TPSA) is 26.3 Å². The van der Waals surface area contributed by atoms with Gasteiger partial charge in [0.05, 0.1) is 17.7 Å². The monoisotopic (exact) mass is 246 g/mol. The van der Waals surface area contributed by atoms with E-state index in [2.05, 4.69) is 5.73 Å². The molecule has 86 valence electrons. The van der Waals surface area contributed by atoms with Crippen molar-refractivity contribution in [2.45, 2.75) is 6.92 Å². The van der Waals surface area contributed by atoms with E-state index in [-0.39, 0.29) is 5.97 Å². The summed E-state index contributed by atoms with van der Waals surface area (Å²) in [5.74, 6) is -0.350. The third kappa shape index (κ3) is 2.19. The molecule has 0 heterocycles. The normalized spacial score (nSPS) is 12.8. The highest BCUT2D eigenvalue weighted by Crippen LogP contribution is 2.25. The van der Waals surface area contributed by atoms with Crippen molar-refractivity contribution in [3.63, 3.8) is 0 Å². The van der Waals surface area contributed by atoms with Crippen LogP contribution in [0.15, 0.2) is 29.0 Å². The van der Waals surface area contributed by atoms with Gasteiger partial charge in [0.1, 0.15) is 0 Å². The second-order valence-corrected chi connectivity index (χ2v) is 4.13. The molecular weight excluding hydrogens is 236 g/mol. The van der Waals surface area contributed by atoms with E-state index in [1.165, 1.54) is 7.11 Å². The van der Waals surface area contributed by atoms with E-state index in [0.717, 1.165) is 16.7 Å². The van der Waals surface area contributed by atoms with Crippen LogP contribution >= 0.6 is 11.6 Å². The zero-order chi connectivity index (χ0) is 12.4. The van der Waals surface area contributed by atoms with Crippen LogP contribution in [0.2, 0.25) is 0 Å². The van der Waals surface area contributed by atoms with Crippen molar-refractivity contribution in [2.24, 2.45) is 0 Å². The lowest BCUT2D eigenvalue weighted by molar-refractivity contribution is 0.0600. The predicted molar refractivity (Wildman–Crippen MR) is 68.9 cm³/mol. The van der Waals surface area contributed by atoms with Crippen LogP contribution in [0.4, 0.5) is 0 Å². The maximum absolute atomic E-state index is 11.7. The fourth-order valence-electron chi connectivity index (χ4n) is 1.75. The standard InChI is InChI=1S/C14H11ClO2/c1-9-3-6-13(14(16)17-2)12-8-5-10(15)4-7-11(9)12/h3,5-8H,1-2H3. The Morgan fingerprint density at radius 2 is 2.06 bits per heavy atom. The molecule has 0 aliphatic heterocycles. The fourth-order valence-corrected chi connectivity index (χ4v) is 1.87. The summed E-state index contributed by atoms with van der Waals surface area (Å²) < 4.78 is 4.76. The summed E-state index contributed by atoms with van der Waals surface area (Å²) in [6.07, 6.45) is 5.32. The van der Waals surface area contributed by atoms with Gasteiger partial charge in [0.15, 0.2) is 0 Å². The molecule has 0 aromatic heterocycles. The Hall–Kier alpha value is -1.76. The van der Waals surface area contributed by atoms with Gasteiger partial charge < -0.3 is 4.74 Å². The lowest BCUT2D eigenvalue weighted by atomic mass is 9.96. The zero-order valence-corrected chi connectivity index (χ0v) is 10.3. The second-order valence-electron chi connectivity index (χ2n) is 3.72. The summed E-state index contributed by atoms with van der Waals surface area (Å²) in [7, 11) is 1.37. The van der Waals surface area contributed by atoms with Crippen molar-refractivity contribution in [1.82, 2.24) is 0 Å². The molecule has 3 heteroatoms. The van der Waals surface area contributed by atoms with E-state index in [4.69, 9.17) is 16.3 Å². The molecule has 0 spiro atoms. The maximum atomic E-state index is 11.7. The quantitative estimate of drug-likeness (QED) is 0.560. The van der Waals surface area contributed by atoms with Crippen LogP contribution in [-0.2, 0) is 4.74 Å². The summed E-state index contributed by atoms with van der Waals surface area (Å²) in [6.45, 7) is 1.98. The predicted octanol–water partition coefficient (Wildman–Crippen LogP) is 3.54. The van der Waals surface area contributed by atoms with Gasteiger partial charge in [-0.15, -0.1) is 0 Å². The van der Waals surface area contributed by atoms with Crippen LogP contribution in [-0.4, -0.2) is 13.1 Å². The van der Waals surface area contributed by atoms with Crippen molar-refractivity contribution >= 4 is 29.7 Å². The van der Waals surface area contributed by atoms with Crippen molar-refractivity contribution in [1.29, 1.82) is 0 Å². The van der Waals surface area contributed by atoms with Gasteiger partial charge in [0, 0.05) is 0 Å². The summed E-state index contributed by atoms with van der Waals surface area (Å²) in [4.78, 5) is 11.7. The molecule has 1 aliphatic rings. The number of methoxy groups -OCH3 is 1. The number of halogens is 1. The summed E-state index contributed by atoms with van der Waals surface area (Å²) in [6, 6.07) is 3.65. The number of fused-ring (bicyclic) bond motifs is 1. The van der Waals surface area contributed by atoms with Crippen LogP contribution in [0.1, 0.15) is 27.0 Å². The number of hydrogen-bond acceptors (Lipinski definition) is 2. The minimum absolute atomic E-state index is 0.350. The van der Waals surface area contributed by atoms with Crippen molar-refractivity contribution < 1.29 is 9.53 Å². The molecular formula is C14H11ClO2. The Labute approximate surface area is 105 Å². The van der Waals surface area contributed by atoms with Gasteiger partial charge in [-0.2, -0.15) is 0 Å². The molecule has 0 unspecified atom stereocenters. The molecule has 0 bridgehead atoms. The van der Waals surface area contributed by atoms with Crippen molar-refractivity contribution in [2.75, 3.05) is 7.11 Å². The molecule has 2 nitrogen and oxygen atoms in total. The molecule has 0 saturated carbocycles. The minimum Gasteiger partial charge on any atom is -0.465 e. The molecule has 1 aliphatic carbocycles. The number of rotatable bonds is 1. The summed E-state index contributed by atoms with van der Waals surface area (Å²) in [5.41, 5.74) is 6.31. The molecule has 1 aromatic carbocycles. The van der Waals surface area contributed by atoms with Crippen LogP contribution in [0.25, 0.3) is 12.2 Å². The molecule has 0 N–H and O–H groups in total. The highest BCUT2D eigenvalue weighted by molar-refractivity contribution is 6.31. The number of hydrogen-bond donors (Lipinski definition) is 0. The Bertz CT molecular complexity index is 576. The highest BCUT2D eigenvalue weighted by Gasteiger charge is 2.15. The average Bonchev–Trinajstić information content (AvgIpc) is 2.52. The third-order valence-corrected chi connectivity index (χ3v) is 2.90. The van der Waals surface area contributed by atoms with Gasteiger partial charge >= 0.3 is 5.97 Å². The molecule has 17 heavy (non-hydrogen) atoms. The van der Waals surface area contributed by atoms with E-state index in [1.807, 2.05) is 19.1 Å².